The van der Waals surface area contributed by atoms with Gasteiger partial charge >= 0.3 is 5.97 Å². The van der Waals surface area contributed by atoms with Gasteiger partial charge in [0.05, 0.1) is 23.4 Å². The van der Waals surface area contributed by atoms with Gasteiger partial charge in [0.2, 0.25) is 5.78 Å². The molecule has 0 aliphatic carbocycles. The van der Waals surface area contributed by atoms with Crippen LogP contribution in [-0.4, -0.2) is 22.8 Å². The first-order valence-electron chi connectivity index (χ1n) is 7.50. The summed E-state index contributed by atoms with van der Waals surface area (Å²) >= 11 is 0. The van der Waals surface area contributed by atoms with Crippen molar-refractivity contribution in [1.29, 1.82) is 0 Å². The van der Waals surface area contributed by atoms with Crippen molar-refractivity contribution in [2.45, 2.75) is 13.8 Å². The molecular formula is C19H17NO3. The second-order valence-corrected chi connectivity index (χ2v) is 5.32. The Labute approximate surface area is 134 Å². The maximum Gasteiger partial charge on any atom is 0.340 e. The number of rotatable bonds is 4. The van der Waals surface area contributed by atoms with Crippen LogP contribution >= 0.6 is 0 Å². The second kappa shape index (κ2) is 6.08. The number of aromatic nitrogens is 1. The number of aryl methyl sites for hydroxylation is 1. The Morgan fingerprint density at radius 2 is 1.83 bits per heavy atom. The van der Waals surface area contributed by atoms with Crippen LogP contribution in [0.15, 0.2) is 54.7 Å². The van der Waals surface area contributed by atoms with Crippen LogP contribution in [0.2, 0.25) is 0 Å². The van der Waals surface area contributed by atoms with E-state index in [-0.39, 0.29) is 5.78 Å². The van der Waals surface area contributed by atoms with E-state index >= 15 is 0 Å². The Kier molecular flexibility index (Phi) is 3.98. The zero-order valence-corrected chi connectivity index (χ0v) is 13.1. The normalized spacial score (nSPS) is 10.7. The molecule has 2 aromatic heterocycles. The second-order valence-electron chi connectivity index (χ2n) is 5.32. The highest BCUT2D eigenvalue weighted by Crippen LogP contribution is 2.21. The predicted octanol–water partition coefficient (Wildman–Crippen LogP) is 3.66. The van der Waals surface area contributed by atoms with Gasteiger partial charge in [-0.3, -0.25) is 4.79 Å². The molecule has 0 amide bonds. The molecule has 0 saturated heterocycles. The Morgan fingerprint density at radius 3 is 2.52 bits per heavy atom. The van der Waals surface area contributed by atoms with Gasteiger partial charge in [0, 0.05) is 11.8 Å². The lowest BCUT2D eigenvalue weighted by Gasteiger charge is -2.04. The van der Waals surface area contributed by atoms with Crippen LogP contribution < -0.4 is 0 Å². The van der Waals surface area contributed by atoms with Crippen molar-refractivity contribution in [1.82, 2.24) is 4.40 Å². The van der Waals surface area contributed by atoms with Crippen LogP contribution in [0.25, 0.3) is 5.52 Å². The number of nitrogens with zero attached hydrogens (tertiary/aromatic N) is 1. The maximum atomic E-state index is 12.8. The van der Waals surface area contributed by atoms with E-state index in [1.807, 2.05) is 43.5 Å². The van der Waals surface area contributed by atoms with Crippen molar-refractivity contribution in [3.8, 4) is 0 Å². The van der Waals surface area contributed by atoms with Crippen molar-refractivity contribution in [3.05, 3.63) is 77.1 Å². The molecule has 1 aromatic carbocycles. The van der Waals surface area contributed by atoms with Crippen molar-refractivity contribution in [2.24, 2.45) is 0 Å². The maximum absolute atomic E-state index is 12.8. The van der Waals surface area contributed by atoms with Crippen molar-refractivity contribution < 1.29 is 14.3 Å². The van der Waals surface area contributed by atoms with Crippen LogP contribution in [0.4, 0.5) is 0 Å². The number of fused-ring (bicyclic) bond motifs is 1. The van der Waals surface area contributed by atoms with Crippen LogP contribution in [0.3, 0.4) is 0 Å². The molecule has 0 spiro atoms. The van der Waals surface area contributed by atoms with Gasteiger partial charge in [-0.15, -0.1) is 0 Å². The average Bonchev–Trinajstić information content (AvgIpc) is 2.94. The monoisotopic (exact) mass is 307 g/mol. The quantitative estimate of drug-likeness (QED) is 0.546. The van der Waals surface area contributed by atoms with Crippen LogP contribution in [0, 0.1) is 6.92 Å². The summed E-state index contributed by atoms with van der Waals surface area (Å²) in [6, 6.07) is 14.4. The van der Waals surface area contributed by atoms with E-state index < -0.39 is 5.97 Å². The molecule has 0 unspecified atom stereocenters. The number of ether oxygens (including phenoxy) is 1. The first-order valence-corrected chi connectivity index (χ1v) is 7.50. The fraction of sp³-hybridized carbons (Fsp3) is 0.158. The number of pyridine rings is 1. The number of carbonyl (C=O) groups excluding carboxylic acids is 2. The molecule has 0 fully saturated rings. The highest BCUT2D eigenvalue weighted by molar-refractivity contribution is 6.11. The highest BCUT2D eigenvalue weighted by Gasteiger charge is 2.21. The third kappa shape index (κ3) is 2.75. The highest BCUT2D eigenvalue weighted by atomic mass is 16.5. The van der Waals surface area contributed by atoms with Crippen LogP contribution in [0.1, 0.15) is 38.9 Å². The molecule has 4 heteroatoms. The minimum absolute atomic E-state index is 0.123. The fourth-order valence-electron chi connectivity index (χ4n) is 2.59. The molecule has 0 aliphatic rings. The van der Waals surface area contributed by atoms with Gasteiger partial charge in [-0.05, 0) is 31.5 Å². The largest absolute Gasteiger partial charge is 0.462 e. The summed E-state index contributed by atoms with van der Waals surface area (Å²) in [5.41, 5.74) is 3.13. The Balaban J connectivity index is 2.18. The summed E-state index contributed by atoms with van der Waals surface area (Å²) in [7, 11) is 0. The van der Waals surface area contributed by atoms with Crippen molar-refractivity contribution in [2.75, 3.05) is 6.61 Å². The molecule has 0 saturated carbocycles. The topological polar surface area (TPSA) is 47.8 Å². The first kappa shape index (κ1) is 15.0. The lowest BCUT2D eigenvalue weighted by molar-refractivity contribution is 0.0529. The van der Waals surface area contributed by atoms with E-state index in [0.717, 1.165) is 5.56 Å². The Bertz CT molecular complexity index is 878. The van der Waals surface area contributed by atoms with E-state index in [1.54, 1.807) is 29.5 Å². The van der Waals surface area contributed by atoms with E-state index in [9.17, 15) is 9.59 Å². The smallest absolute Gasteiger partial charge is 0.340 e. The van der Waals surface area contributed by atoms with Gasteiger partial charge in [0.25, 0.3) is 0 Å². The third-order valence-corrected chi connectivity index (χ3v) is 3.68. The van der Waals surface area contributed by atoms with Crippen LogP contribution in [-0.2, 0) is 4.74 Å². The molecule has 23 heavy (non-hydrogen) atoms. The zero-order valence-electron chi connectivity index (χ0n) is 13.1. The molecule has 4 nitrogen and oxygen atoms in total. The Hall–Kier alpha value is -2.88. The number of hydrogen-bond donors (Lipinski definition) is 0. The SMILES string of the molecule is CCOC(=O)c1cc(C(=O)c2ccccc2)n2cc(C)ccc12. The predicted molar refractivity (Wildman–Crippen MR) is 88.0 cm³/mol. The third-order valence-electron chi connectivity index (χ3n) is 3.68. The molecule has 0 radical (unpaired) electrons. The molecule has 0 atom stereocenters. The van der Waals surface area contributed by atoms with E-state index in [2.05, 4.69) is 0 Å². The lowest BCUT2D eigenvalue weighted by atomic mass is 10.1. The number of ketones is 1. The molecule has 0 bridgehead atoms. The summed E-state index contributed by atoms with van der Waals surface area (Å²) in [6.07, 6.45) is 1.86. The number of carbonyl (C=O) groups is 2. The molecule has 2 heterocycles. The summed E-state index contributed by atoms with van der Waals surface area (Å²) in [6.45, 7) is 4.00. The molecule has 0 N–H and O–H groups in total. The summed E-state index contributed by atoms with van der Waals surface area (Å²) in [5, 5.41) is 0. The summed E-state index contributed by atoms with van der Waals surface area (Å²) in [5.74, 6) is -0.539. The van der Waals surface area contributed by atoms with E-state index in [4.69, 9.17) is 4.74 Å². The molecular weight excluding hydrogens is 290 g/mol. The van der Waals surface area contributed by atoms with Crippen LogP contribution in [0.5, 0.6) is 0 Å². The number of benzene rings is 1. The van der Waals surface area contributed by atoms with Crippen molar-refractivity contribution >= 4 is 17.3 Å². The molecule has 3 rings (SSSR count). The van der Waals surface area contributed by atoms with Crippen molar-refractivity contribution in [3.63, 3.8) is 0 Å². The molecule has 3 aromatic rings. The van der Waals surface area contributed by atoms with Gasteiger partial charge < -0.3 is 9.14 Å². The number of esters is 1. The average molecular weight is 307 g/mol. The fourth-order valence-corrected chi connectivity index (χ4v) is 2.59. The number of hydrogen-bond acceptors (Lipinski definition) is 3. The van der Waals surface area contributed by atoms with Gasteiger partial charge in [-0.1, -0.05) is 36.4 Å². The van der Waals surface area contributed by atoms with Gasteiger partial charge in [-0.2, -0.15) is 0 Å². The lowest BCUT2D eigenvalue weighted by Crippen LogP contribution is -2.05. The summed E-state index contributed by atoms with van der Waals surface area (Å²) < 4.78 is 6.86. The van der Waals surface area contributed by atoms with Gasteiger partial charge in [0.15, 0.2) is 0 Å². The minimum Gasteiger partial charge on any atom is -0.462 e. The van der Waals surface area contributed by atoms with E-state index in [1.165, 1.54) is 0 Å². The molecule has 116 valence electrons. The minimum atomic E-state index is -0.416. The van der Waals surface area contributed by atoms with Gasteiger partial charge in [-0.25, -0.2) is 4.79 Å². The standard InChI is InChI=1S/C19H17NO3/c1-3-23-19(22)15-11-17(18(21)14-7-5-4-6-8-14)20-12-13(2)9-10-16(15)20/h4-12H,3H2,1-2H3. The first-order chi connectivity index (χ1) is 11.1. The van der Waals surface area contributed by atoms with E-state index in [0.29, 0.717) is 28.9 Å². The zero-order chi connectivity index (χ0) is 16.4. The molecule has 0 aliphatic heterocycles. The Morgan fingerprint density at radius 1 is 1.09 bits per heavy atom. The van der Waals surface area contributed by atoms with Gasteiger partial charge in [0.1, 0.15) is 0 Å². The summed E-state index contributed by atoms with van der Waals surface area (Å²) in [4.78, 5) is 25.0.